The lowest BCUT2D eigenvalue weighted by molar-refractivity contribution is 0.403. The molecule has 0 saturated heterocycles. The maximum Gasteiger partial charge on any atom is 0.126 e. The molecule has 2 rings (SSSR count). The lowest BCUT2D eigenvalue weighted by Gasteiger charge is -2.14. The molecular weight excluding hydrogens is 248 g/mol. The molecule has 1 aromatic heterocycles. The molecule has 0 radical (unpaired) electrons. The number of hydrogen-bond donors (Lipinski definition) is 1. The summed E-state index contributed by atoms with van der Waals surface area (Å²) in [7, 11) is 1.77. The largest absolute Gasteiger partial charge is 0.464 e. The fraction of sp³-hybridized carbons (Fsp3) is 0.333. The summed E-state index contributed by atoms with van der Waals surface area (Å²) in [5.41, 5.74) is 0.341. The first kappa shape index (κ1) is 13.7. The summed E-state index contributed by atoms with van der Waals surface area (Å²) in [4.78, 5) is 0. The van der Waals surface area contributed by atoms with Crippen molar-refractivity contribution in [1.29, 1.82) is 0 Å². The number of halogens is 2. The van der Waals surface area contributed by atoms with Gasteiger partial charge in [0.1, 0.15) is 23.2 Å². The van der Waals surface area contributed by atoms with E-state index in [1.165, 1.54) is 6.07 Å². The van der Waals surface area contributed by atoms with Crippen molar-refractivity contribution in [2.24, 2.45) is 0 Å². The number of furan rings is 1. The number of hydrogen-bond acceptors (Lipinski definition) is 2. The third-order valence-corrected chi connectivity index (χ3v) is 3.15. The number of likely N-dealkylation sites (N-methyl/N-ethyl adjacent to an activating group) is 1. The van der Waals surface area contributed by atoms with E-state index < -0.39 is 11.6 Å². The zero-order valence-corrected chi connectivity index (χ0v) is 11.0. The molecule has 0 aliphatic carbocycles. The zero-order valence-electron chi connectivity index (χ0n) is 11.0. The van der Waals surface area contributed by atoms with Crippen molar-refractivity contribution in [1.82, 2.24) is 5.32 Å². The zero-order chi connectivity index (χ0) is 13.8. The average Bonchev–Trinajstić information content (AvgIpc) is 2.88. The maximum atomic E-state index is 13.6. The van der Waals surface area contributed by atoms with Crippen LogP contribution in [0.1, 0.15) is 30.0 Å². The number of rotatable bonds is 5. The molecule has 1 heterocycles. The minimum atomic E-state index is -0.431. The first-order chi connectivity index (χ1) is 9.13. The van der Waals surface area contributed by atoms with Crippen LogP contribution in [-0.2, 0) is 12.8 Å². The Balaban J connectivity index is 2.21. The van der Waals surface area contributed by atoms with Gasteiger partial charge in [-0.1, -0.05) is 6.92 Å². The number of nitrogens with one attached hydrogen (secondary N) is 1. The van der Waals surface area contributed by atoms with Crippen LogP contribution < -0.4 is 5.32 Å². The van der Waals surface area contributed by atoms with Gasteiger partial charge < -0.3 is 9.73 Å². The Labute approximate surface area is 111 Å². The molecule has 2 aromatic rings. The first-order valence-corrected chi connectivity index (χ1v) is 6.33. The summed E-state index contributed by atoms with van der Waals surface area (Å²) in [5.74, 6) is 0.793. The van der Waals surface area contributed by atoms with Crippen LogP contribution in [-0.4, -0.2) is 7.05 Å². The number of aryl methyl sites for hydroxylation is 1. The van der Waals surface area contributed by atoms with E-state index in [1.807, 2.05) is 19.1 Å². The molecule has 19 heavy (non-hydrogen) atoms. The van der Waals surface area contributed by atoms with Crippen LogP contribution in [0.15, 0.2) is 34.7 Å². The van der Waals surface area contributed by atoms with Crippen molar-refractivity contribution in [3.8, 4) is 0 Å². The van der Waals surface area contributed by atoms with Gasteiger partial charge in [0.05, 0.1) is 6.04 Å². The van der Waals surface area contributed by atoms with Crippen molar-refractivity contribution in [2.75, 3.05) is 7.05 Å². The van der Waals surface area contributed by atoms with Gasteiger partial charge in [0.25, 0.3) is 0 Å². The highest BCUT2D eigenvalue weighted by molar-refractivity contribution is 5.22. The van der Waals surface area contributed by atoms with Crippen LogP contribution in [0.4, 0.5) is 8.78 Å². The summed E-state index contributed by atoms with van der Waals surface area (Å²) in [6.45, 7) is 2.00. The molecule has 0 aliphatic rings. The Morgan fingerprint density at radius 2 is 2.00 bits per heavy atom. The predicted octanol–water partition coefficient (Wildman–Crippen LogP) is 3.62. The third kappa shape index (κ3) is 3.20. The summed E-state index contributed by atoms with van der Waals surface area (Å²) in [5, 5.41) is 3.07. The van der Waals surface area contributed by atoms with Gasteiger partial charge in [0, 0.05) is 6.42 Å². The lowest BCUT2D eigenvalue weighted by Crippen LogP contribution is -2.19. The summed E-state index contributed by atoms with van der Waals surface area (Å²) in [6, 6.07) is 7.10. The van der Waals surface area contributed by atoms with E-state index in [9.17, 15) is 8.78 Å². The Morgan fingerprint density at radius 3 is 2.63 bits per heavy atom. The van der Waals surface area contributed by atoms with E-state index in [0.717, 1.165) is 30.1 Å². The topological polar surface area (TPSA) is 25.2 Å². The molecular formula is C15H17F2NO. The van der Waals surface area contributed by atoms with E-state index >= 15 is 0 Å². The van der Waals surface area contributed by atoms with Gasteiger partial charge in [-0.05, 0) is 49.4 Å². The minimum absolute atomic E-state index is 0.170. The van der Waals surface area contributed by atoms with Crippen LogP contribution in [0.5, 0.6) is 0 Å². The predicted molar refractivity (Wildman–Crippen MR) is 69.9 cm³/mol. The average molecular weight is 265 g/mol. The fourth-order valence-corrected chi connectivity index (χ4v) is 2.04. The van der Waals surface area contributed by atoms with Crippen molar-refractivity contribution in [2.45, 2.75) is 25.8 Å². The molecule has 2 nitrogen and oxygen atoms in total. The fourth-order valence-electron chi connectivity index (χ4n) is 2.04. The van der Waals surface area contributed by atoms with Gasteiger partial charge in [-0.2, -0.15) is 0 Å². The highest BCUT2D eigenvalue weighted by atomic mass is 19.1. The molecule has 1 atom stereocenters. The van der Waals surface area contributed by atoms with Gasteiger partial charge in [0.15, 0.2) is 0 Å². The van der Waals surface area contributed by atoms with Crippen molar-refractivity contribution in [3.05, 3.63) is 59.1 Å². The smallest absolute Gasteiger partial charge is 0.126 e. The highest BCUT2D eigenvalue weighted by Crippen LogP contribution is 2.22. The van der Waals surface area contributed by atoms with Crippen molar-refractivity contribution >= 4 is 0 Å². The molecule has 4 heteroatoms. The highest BCUT2D eigenvalue weighted by Gasteiger charge is 2.16. The van der Waals surface area contributed by atoms with Crippen LogP contribution in [0.2, 0.25) is 0 Å². The van der Waals surface area contributed by atoms with Crippen LogP contribution in [0, 0.1) is 11.6 Å². The molecule has 0 bridgehead atoms. The van der Waals surface area contributed by atoms with Crippen molar-refractivity contribution < 1.29 is 13.2 Å². The standard InChI is InChI=1S/C15H17F2NO/c1-3-12-5-7-15(19-12)14(18-2)9-10-8-11(16)4-6-13(10)17/h4-8,14,18H,3,9H2,1-2H3. The van der Waals surface area contributed by atoms with Crippen LogP contribution in [0.25, 0.3) is 0 Å². The molecule has 102 valence electrons. The van der Waals surface area contributed by atoms with Gasteiger partial charge in [-0.25, -0.2) is 8.78 Å². The van der Waals surface area contributed by atoms with E-state index in [0.29, 0.717) is 12.0 Å². The SMILES string of the molecule is CCc1ccc(C(Cc2cc(F)ccc2F)NC)o1. The van der Waals surface area contributed by atoms with E-state index in [4.69, 9.17) is 4.42 Å². The Bertz CT molecular complexity index is 551. The van der Waals surface area contributed by atoms with Crippen LogP contribution in [0.3, 0.4) is 0 Å². The van der Waals surface area contributed by atoms with Gasteiger partial charge in [0.2, 0.25) is 0 Å². The van der Waals surface area contributed by atoms with E-state index in [-0.39, 0.29) is 6.04 Å². The molecule has 0 aliphatic heterocycles. The monoisotopic (exact) mass is 265 g/mol. The Hall–Kier alpha value is -1.68. The minimum Gasteiger partial charge on any atom is -0.464 e. The summed E-state index contributed by atoms with van der Waals surface area (Å²) >= 11 is 0. The molecule has 0 saturated carbocycles. The Kier molecular flexibility index (Phi) is 4.32. The molecule has 1 aromatic carbocycles. The van der Waals surface area contributed by atoms with E-state index in [1.54, 1.807) is 7.05 Å². The van der Waals surface area contributed by atoms with Gasteiger partial charge in [-0.3, -0.25) is 0 Å². The second-order valence-electron chi connectivity index (χ2n) is 4.44. The molecule has 0 spiro atoms. The lowest BCUT2D eigenvalue weighted by atomic mass is 10.0. The van der Waals surface area contributed by atoms with Crippen LogP contribution >= 0.6 is 0 Å². The normalized spacial score (nSPS) is 12.6. The quantitative estimate of drug-likeness (QED) is 0.893. The molecule has 0 amide bonds. The molecule has 0 fully saturated rings. The Morgan fingerprint density at radius 1 is 1.21 bits per heavy atom. The summed E-state index contributed by atoms with van der Waals surface area (Å²) in [6.07, 6.45) is 1.15. The first-order valence-electron chi connectivity index (χ1n) is 6.33. The number of benzene rings is 1. The summed E-state index contributed by atoms with van der Waals surface area (Å²) < 4.78 is 32.4. The van der Waals surface area contributed by atoms with Gasteiger partial charge >= 0.3 is 0 Å². The molecule has 1 unspecified atom stereocenters. The maximum absolute atomic E-state index is 13.6. The second kappa shape index (κ2) is 5.97. The van der Waals surface area contributed by atoms with Crippen molar-refractivity contribution in [3.63, 3.8) is 0 Å². The second-order valence-corrected chi connectivity index (χ2v) is 4.44. The van der Waals surface area contributed by atoms with Gasteiger partial charge in [-0.15, -0.1) is 0 Å². The molecule has 1 N–H and O–H groups in total. The third-order valence-electron chi connectivity index (χ3n) is 3.15. The van der Waals surface area contributed by atoms with E-state index in [2.05, 4.69) is 5.32 Å².